The average molecular weight is 279 g/mol. The molecule has 0 aromatic heterocycles. The van der Waals surface area contributed by atoms with E-state index in [1.807, 2.05) is 6.07 Å². The first-order chi connectivity index (χ1) is 9.70. The van der Waals surface area contributed by atoms with Gasteiger partial charge in [-0.15, -0.1) is 0 Å². The van der Waals surface area contributed by atoms with Crippen molar-refractivity contribution < 1.29 is 9.53 Å². The quantitative estimate of drug-likeness (QED) is 0.438. The van der Waals surface area contributed by atoms with Crippen LogP contribution in [0.15, 0.2) is 11.8 Å². The lowest BCUT2D eigenvalue weighted by Crippen LogP contribution is -2.39. The van der Waals surface area contributed by atoms with Crippen molar-refractivity contribution in [1.29, 1.82) is 5.26 Å². The van der Waals surface area contributed by atoms with Gasteiger partial charge in [0.2, 0.25) is 0 Å². The molecule has 1 amide bonds. The van der Waals surface area contributed by atoms with E-state index < -0.39 is 0 Å². The van der Waals surface area contributed by atoms with Gasteiger partial charge in [0.25, 0.3) is 5.91 Å². The Labute approximate surface area is 121 Å². The van der Waals surface area contributed by atoms with Crippen LogP contribution in [0.2, 0.25) is 0 Å². The Morgan fingerprint density at radius 2 is 2.15 bits per heavy atom. The standard InChI is InChI=1S/C15H25N3O2/c1-18(14-7-4-3-5-8-14)15(19)13(11-16)12-17-9-6-10-20-2/h12,14,17H,3-10H2,1-2H3/b13-12-. The number of amides is 1. The minimum Gasteiger partial charge on any atom is -0.390 e. The predicted octanol–water partition coefficient (Wildman–Crippen LogP) is 1.81. The van der Waals surface area contributed by atoms with E-state index in [1.54, 1.807) is 19.1 Å². The van der Waals surface area contributed by atoms with Crippen LogP contribution in [0.5, 0.6) is 0 Å². The zero-order chi connectivity index (χ0) is 14.8. The van der Waals surface area contributed by atoms with Gasteiger partial charge < -0.3 is 15.0 Å². The minimum absolute atomic E-state index is 0.176. The number of hydrogen-bond donors (Lipinski definition) is 1. The molecule has 5 nitrogen and oxygen atoms in total. The highest BCUT2D eigenvalue weighted by molar-refractivity contribution is 5.97. The van der Waals surface area contributed by atoms with Gasteiger partial charge in [-0.05, 0) is 19.3 Å². The second kappa shape index (κ2) is 9.38. The number of rotatable bonds is 7. The normalized spacial score (nSPS) is 16.6. The van der Waals surface area contributed by atoms with E-state index in [9.17, 15) is 4.79 Å². The molecule has 0 aromatic rings. The maximum absolute atomic E-state index is 12.3. The lowest BCUT2D eigenvalue weighted by Gasteiger charge is -2.31. The first-order valence-corrected chi connectivity index (χ1v) is 7.30. The third-order valence-electron chi connectivity index (χ3n) is 3.71. The van der Waals surface area contributed by atoms with Gasteiger partial charge in [0.1, 0.15) is 11.6 Å². The molecule has 1 aliphatic carbocycles. The first kappa shape index (κ1) is 16.5. The van der Waals surface area contributed by atoms with Gasteiger partial charge in [0, 0.05) is 39.6 Å². The molecule has 0 aromatic carbocycles. The van der Waals surface area contributed by atoms with E-state index in [4.69, 9.17) is 10.00 Å². The lowest BCUT2D eigenvalue weighted by molar-refractivity contribution is -0.128. The van der Waals surface area contributed by atoms with E-state index in [1.165, 1.54) is 25.5 Å². The minimum atomic E-state index is -0.182. The molecule has 0 aliphatic heterocycles. The fourth-order valence-electron chi connectivity index (χ4n) is 2.46. The summed E-state index contributed by atoms with van der Waals surface area (Å²) >= 11 is 0. The van der Waals surface area contributed by atoms with Gasteiger partial charge >= 0.3 is 0 Å². The molecule has 1 N–H and O–H groups in total. The van der Waals surface area contributed by atoms with Crippen LogP contribution < -0.4 is 5.32 Å². The van der Waals surface area contributed by atoms with Crippen LogP contribution >= 0.6 is 0 Å². The number of hydrogen-bond acceptors (Lipinski definition) is 4. The SMILES string of the molecule is COCCCN/C=C(/C#N)C(=O)N(C)C1CCCCC1. The highest BCUT2D eigenvalue weighted by Gasteiger charge is 2.24. The number of carbonyl (C=O) groups is 1. The largest absolute Gasteiger partial charge is 0.390 e. The number of ether oxygens (including phenoxy) is 1. The van der Waals surface area contributed by atoms with Crippen molar-refractivity contribution in [2.75, 3.05) is 27.3 Å². The summed E-state index contributed by atoms with van der Waals surface area (Å²) < 4.78 is 4.94. The van der Waals surface area contributed by atoms with Crippen LogP contribution in [0, 0.1) is 11.3 Å². The Bertz CT molecular complexity index is 368. The molecule has 1 aliphatic rings. The van der Waals surface area contributed by atoms with E-state index in [2.05, 4.69) is 5.32 Å². The Kier molecular flexibility index (Phi) is 7.74. The molecular weight excluding hydrogens is 254 g/mol. The molecule has 0 heterocycles. The monoisotopic (exact) mass is 279 g/mol. The summed E-state index contributed by atoms with van der Waals surface area (Å²) in [5, 5.41) is 12.1. The fourth-order valence-corrected chi connectivity index (χ4v) is 2.46. The second-order valence-electron chi connectivity index (χ2n) is 5.18. The van der Waals surface area contributed by atoms with Crippen molar-refractivity contribution in [2.24, 2.45) is 0 Å². The Morgan fingerprint density at radius 3 is 2.75 bits per heavy atom. The van der Waals surface area contributed by atoms with Crippen LogP contribution in [-0.4, -0.2) is 44.2 Å². The highest BCUT2D eigenvalue weighted by Crippen LogP contribution is 2.22. The molecule has 1 saturated carbocycles. The predicted molar refractivity (Wildman–Crippen MR) is 77.8 cm³/mol. The molecule has 1 rings (SSSR count). The summed E-state index contributed by atoms with van der Waals surface area (Å²) in [6.45, 7) is 1.36. The average Bonchev–Trinajstić information content (AvgIpc) is 2.50. The number of nitrogens with one attached hydrogen (secondary N) is 1. The smallest absolute Gasteiger partial charge is 0.265 e. The molecule has 112 valence electrons. The van der Waals surface area contributed by atoms with Crippen LogP contribution in [-0.2, 0) is 9.53 Å². The zero-order valence-corrected chi connectivity index (χ0v) is 12.5. The van der Waals surface area contributed by atoms with E-state index in [0.29, 0.717) is 13.2 Å². The molecule has 0 bridgehead atoms. The summed E-state index contributed by atoms with van der Waals surface area (Å²) in [6, 6.07) is 2.27. The van der Waals surface area contributed by atoms with Crippen LogP contribution in [0.1, 0.15) is 38.5 Å². The number of likely N-dealkylation sites (N-methyl/N-ethyl adjacent to an activating group) is 1. The summed E-state index contributed by atoms with van der Waals surface area (Å²) in [5.74, 6) is -0.182. The molecule has 0 unspecified atom stereocenters. The van der Waals surface area contributed by atoms with Gasteiger partial charge in [0.15, 0.2) is 0 Å². The summed E-state index contributed by atoms with van der Waals surface area (Å²) in [4.78, 5) is 14.0. The third-order valence-corrected chi connectivity index (χ3v) is 3.71. The van der Waals surface area contributed by atoms with Crippen molar-refractivity contribution in [3.63, 3.8) is 0 Å². The van der Waals surface area contributed by atoms with Gasteiger partial charge in [0.05, 0.1) is 0 Å². The summed E-state index contributed by atoms with van der Waals surface area (Å²) in [6.07, 6.45) is 8.05. The van der Waals surface area contributed by atoms with Crippen molar-refractivity contribution >= 4 is 5.91 Å². The summed E-state index contributed by atoms with van der Waals surface area (Å²) in [7, 11) is 3.45. The second-order valence-corrected chi connectivity index (χ2v) is 5.18. The number of methoxy groups -OCH3 is 1. The molecule has 1 fully saturated rings. The van der Waals surface area contributed by atoms with Crippen LogP contribution in [0.3, 0.4) is 0 Å². The Balaban J connectivity index is 2.48. The maximum Gasteiger partial charge on any atom is 0.265 e. The molecule has 0 spiro atoms. The van der Waals surface area contributed by atoms with E-state index in [0.717, 1.165) is 19.3 Å². The molecular formula is C15H25N3O2. The Morgan fingerprint density at radius 1 is 1.45 bits per heavy atom. The topological polar surface area (TPSA) is 65.4 Å². The highest BCUT2D eigenvalue weighted by atomic mass is 16.5. The van der Waals surface area contributed by atoms with Crippen molar-refractivity contribution in [3.8, 4) is 6.07 Å². The first-order valence-electron chi connectivity index (χ1n) is 7.30. The van der Waals surface area contributed by atoms with Crippen LogP contribution in [0.4, 0.5) is 0 Å². The molecule has 0 radical (unpaired) electrons. The fraction of sp³-hybridized carbons (Fsp3) is 0.733. The van der Waals surface area contributed by atoms with Crippen LogP contribution in [0.25, 0.3) is 0 Å². The van der Waals surface area contributed by atoms with Crippen molar-refractivity contribution in [3.05, 3.63) is 11.8 Å². The number of carbonyl (C=O) groups excluding carboxylic acids is 1. The molecule has 0 saturated heterocycles. The number of nitrogens with zero attached hydrogens (tertiary/aromatic N) is 2. The number of nitriles is 1. The lowest BCUT2D eigenvalue weighted by atomic mass is 9.94. The van der Waals surface area contributed by atoms with Gasteiger partial charge in [-0.3, -0.25) is 4.79 Å². The Hall–Kier alpha value is -1.54. The van der Waals surface area contributed by atoms with Gasteiger partial charge in [-0.25, -0.2) is 0 Å². The van der Waals surface area contributed by atoms with Gasteiger partial charge in [-0.1, -0.05) is 19.3 Å². The van der Waals surface area contributed by atoms with E-state index >= 15 is 0 Å². The van der Waals surface area contributed by atoms with Gasteiger partial charge in [-0.2, -0.15) is 5.26 Å². The molecule has 5 heteroatoms. The van der Waals surface area contributed by atoms with Crippen molar-refractivity contribution in [1.82, 2.24) is 10.2 Å². The third kappa shape index (κ3) is 5.22. The maximum atomic E-state index is 12.3. The zero-order valence-electron chi connectivity index (χ0n) is 12.5. The summed E-state index contributed by atoms with van der Waals surface area (Å²) in [5.41, 5.74) is 0.176. The molecule has 0 atom stereocenters. The van der Waals surface area contributed by atoms with E-state index in [-0.39, 0.29) is 17.5 Å². The molecule has 20 heavy (non-hydrogen) atoms. The van der Waals surface area contributed by atoms with Crippen molar-refractivity contribution in [2.45, 2.75) is 44.6 Å².